The number of nitrogens with two attached hydrogens (primary N) is 1. The number of carboxylic acid groups (broad SMARTS) is 1. The Labute approximate surface area is 97.7 Å². The van der Waals surface area contributed by atoms with Gasteiger partial charge in [-0.1, -0.05) is 35.5 Å². The van der Waals surface area contributed by atoms with E-state index in [4.69, 9.17) is 10.8 Å². The maximum atomic E-state index is 11.1. The summed E-state index contributed by atoms with van der Waals surface area (Å²) in [4.78, 5) is 11.1. The first-order valence-electron chi connectivity index (χ1n) is 5.16. The van der Waals surface area contributed by atoms with Crippen LogP contribution in [-0.2, 0) is 6.54 Å². The molecule has 88 valence electrons. The van der Waals surface area contributed by atoms with Gasteiger partial charge in [-0.3, -0.25) is 0 Å². The van der Waals surface area contributed by atoms with Crippen LogP contribution in [0.4, 0.5) is 0 Å². The lowest BCUT2D eigenvalue weighted by Gasteiger charge is -2.05. The lowest BCUT2D eigenvalue weighted by Crippen LogP contribution is -2.12. The van der Waals surface area contributed by atoms with Crippen molar-refractivity contribution in [1.29, 1.82) is 0 Å². The number of aromatic carboxylic acids is 1. The molecular weight excluding hydrogens is 220 g/mol. The Hall–Kier alpha value is -2.21. The van der Waals surface area contributed by atoms with Gasteiger partial charge in [-0.25, -0.2) is 9.48 Å². The molecule has 0 atom stereocenters. The van der Waals surface area contributed by atoms with Crippen LogP contribution in [0.3, 0.4) is 0 Å². The molecule has 1 aromatic heterocycles. The van der Waals surface area contributed by atoms with E-state index in [1.54, 1.807) is 0 Å². The third kappa shape index (κ3) is 2.16. The molecule has 0 saturated carbocycles. The highest BCUT2D eigenvalue weighted by Gasteiger charge is 2.19. The van der Waals surface area contributed by atoms with Crippen molar-refractivity contribution in [3.8, 4) is 11.3 Å². The minimum absolute atomic E-state index is 0.0512. The molecule has 0 amide bonds. The normalized spacial score (nSPS) is 10.4. The molecule has 0 radical (unpaired) electrons. The van der Waals surface area contributed by atoms with Crippen LogP contribution in [-0.4, -0.2) is 32.6 Å². The number of hydrogen-bond donors (Lipinski definition) is 2. The van der Waals surface area contributed by atoms with Gasteiger partial charge in [-0.05, 0) is 0 Å². The summed E-state index contributed by atoms with van der Waals surface area (Å²) < 4.78 is 1.51. The standard InChI is InChI=1S/C11H12N4O2/c12-6-7-15-10(8-4-2-1-3-5-8)9(11(16)17)13-14-15/h1-5H,6-7,12H2,(H,16,17). The Kier molecular flexibility index (Phi) is 3.15. The van der Waals surface area contributed by atoms with Crippen LogP contribution in [0.5, 0.6) is 0 Å². The first-order valence-corrected chi connectivity index (χ1v) is 5.16. The molecule has 1 heterocycles. The Morgan fingerprint density at radius 3 is 2.65 bits per heavy atom. The number of rotatable bonds is 4. The molecule has 0 unspecified atom stereocenters. The van der Waals surface area contributed by atoms with Crippen molar-refractivity contribution in [1.82, 2.24) is 15.0 Å². The average molecular weight is 232 g/mol. The summed E-state index contributed by atoms with van der Waals surface area (Å²) in [6.45, 7) is 0.812. The van der Waals surface area contributed by atoms with Crippen LogP contribution in [0.25, 0.3) is 11.3 Å². The number of carboxylic acids is 1. The van der Waals surface area contributed by atoms with Gasteiger partial charge >= 0.3 is 5.97 Å². The van der Waals surface area contributed by atoms with Crippen LogP contribution in [0.1, 0.15) is 10.5 Å². The average Bonchev–Trinajstić information content (AvgIpc) is 2.74. The Balaban J connectivity index is 2.56. The quantitative estimate of drug-likeness (QED) is 0.805. The zero-order chi connectivity index (χ0) is 12.3. The van der Waals surface area contributed by atoms with E-state index in [1.807, 2.05) is 30.3 Å². The van der Waals surface area contributed by atoms with Crippen molar-refractivity contribution in [2.75, 3.05) is 6.54 Å². The Bertz CT molecular complexity index is 522. The molecule has 0 aliphatic heterocycles. The summed E-state index contributed by atoms with van der Waals surface area (Å²) in [5.74, 6) is -1.09. The maximum absolute atomic E-state index is 11.1. The van der Waals surface area contributed by atoms with Crippen LogP contribution in [0.15, 0.2) is 30.3 Å². The first-order chi connectivity index (χ1) is 8.24. The summed E-state index contributed by atoms with van der Waals surface area (Å²) in [7, 11) is 0. The molecule has 6 nitrogen and oxygen atoms in total. The van der Waals surface area contributed by atoms with Crippen molar-refractivity contribution in [3.05, 3.63) is 36.0 Å². The lowest BCUT2D eigenvalue weighted by molar-refractivity contribution is 0.0691. The van der Waals surface area contributed by atoms with Gasteiger partial charge in [0.1, 0.15) is 5.69 Å². The van der Waals surface area contributed by atoms with Gasteiger partial charge in [0.25, 0.3) is 0 Å². The van der Waals surface area contributed by atoms with Crippen LogP contribution in [0, 0.1) is 0 Å². The topological polar surface area (TPSA) is 94.0 Å². The number of aromatic nitrogens is 3. The molecule has 0 bridgehead atoms. The smallest absolute Gasteiger partial charge is 0.358 e. The fourth-order valence-corrected chi connectivity index (χ4v) is 1.62. The van der Waals surface area contributed by atoms with E-state index in [0.29, 0.717) is 18.8 Å². The second kappa shape index (κ2) is 4.75. The van der Waals surface area contributed by atoms with E-state index in [9.17, 15) is 4.79 Å². The van der Waals surface area contributed by atoms with Gasteiger partial charge in [-0.2, -0.15) is 0 Å². The molecule has 6 heteroatoms. The van der Waals surface area contributed by atoms with E-state index in [-0.39, 0.29) is 5.69 Å². The molecule has 17 heavy (non-hydrogen) atoms. The highest BCUT2D eigenvalue weighted by Crippen LogP contribution is 2.21. The van der Waals surface area contributed by atoms with Crippen molar-refractivity contribution in [2.45, 2.75) is 6.54 Å². The van der Waals surface area contributed by atoms with Crippen LogP contribution >= 0.6 is 0 Å². The van der Waals surface area contributed by atoms with Gasteiger partial charge in [0.15, 0.2) is 5.69 Å². The SMILES string of the molecule is NCCn1nnc(C(=O)O)c1-c1ccccc1. The van der Waals surface area contributed by atoms with Crippen LogP contribution in [0.2, 0.25) is 0 Å². The summed E-state index contributed by atoms with van der Waals surface area (Å²) in [5, 5.41) is 16.5. The molecule has 2 rings (SSSR count). The number of benzene rings is 1. The van der Waals surface area contributed by atoms with Gasteiger partial charge in [0, 0.05) is 12.1 Å². The Morgan fingerprint density at radius 2 is 2.06 bits per heavy atom. The predicted octanol–water partition coefficient (Wildman–Crippen LogP) is 0.602. The minimum Gasteiger partial charge on any atom is -0.476 e. The highest BCUT2D eigenvalue weighted by atomic mass is 16.4. The number of hydrogen-bond acceptors (Lipinski definition) is 4. The third-order valence-corrected chi connectivity index (χ3v) is 2.33. The Morgan fingerprint density at radius 1 is 1.35 bits per heavy atom. The van der Waals surface area contributed by atoms with Gasteiger partial charge < -0.3 is 10.8 Å². The van der Waals surface area contributed by atoms with E-state index in [2.05, 4.69) is 10.3 Å². The van der Waals surface area contributed by atoms with E-state index in [1.165, 1.54) is 4.68 Å². The van der Waals surface area contributed by atoms with Crippen molar-refractivity contribution in [3.63, 3.8) is 0 Å². The molecule has 0 saturated heterocycles. The van der Waals surface area contributed by atoms with Crippen LogP contribution < -0.4 is 5.73 Å². The van der Waals surface area contributed by atoms with E-state index >= 15 is 0 Å². The van der Waals surface area contributed by atoms with Gasteiger partial charge in [-0.15, -0.1) is 5.10 Å². The largest absolute Gasteiger partial charge is 0.476 e. The maximum Gasteiger partial charge on any atom is 0.358 e. The summed E-state index contributed by atoms with van der Waals surface area (Å²) >= 11 is 0. The lowest BCUT2D eigenvalue weighted by atomic mass is 10.1. The molecule has 1 aromatic carbocycles. The molecule has 0 fully saturated rings. The van der Waals surface area contributed by atoms with Gasteiger partial charge in [0.2, 0.25) is 0 Å². The summed E-state index contributed by atoms with van der Waals surface area (Å²) in [6.07, 6.45) is 0. The second-order valence-electron chi connectivity index (χ2n) is 3.47. The zero-order valence-electron chi connectivity index (χ0n) is 9.08. The van der Waals surface area contributed by atoms with Gasteiger partial charge in [0.05, 0.1) is 6.54 Å². The third-order valence-electron chi connectivity index (χ3n) is 2.33. The zero-order valence-corrected chi connectivity index (χ0v) is 9.08. The minimum atomic E-state index is -1.09. The summed E-state index contributed by atoms with van der Waals surface area (Å²) in [6, 6.07) is 9.17. The predicted molar refractivity (Wildman–Crippen MR) is 61.5 cm³/mol. The monoisotopic (exact) mass is 232 g/mol. The molecule has 0 aliphatic carbocycles. The van der Waals surface area contributed by atoms with Crippen molar-refractivity contribution in [2.24, 2.45) is 5.73 Å². The molecule has 2 aromatic rings. The van der Waals surface area contributed by atoms with Crippen molar-refractivity contribution < 1.29 is 9.90 Å². The summed E-state index contributed by atoms with van der Waals surface area (Å²) in [5.41, 5.74) is 6.66. The molecule has 3 N–H and O–H groups in total. The first kappa shape index (κ1) is 11.3. The molecule has 0 aliphatic rings. The van der Waals surface area contributed by atoms with Crippen molar-refractivity contribution >= 4 is 5.97 Å². The van der Waals surface area contributed by atoms with E-state index in [0.717, 1.165) is 5.56 Å². The fourth-order valence-electron chi connectivity index (χ4n) is 1.62. The number of carbonyl (C=O) groups is 1. The van der Waals surface area contributed by atoms with E-state index < -0.39 is 5.97 Å². The fraction of sp³-hybridized carbons (Fsp3) is 0.182. The number of nitrogens with zero attached hydrogens (tertiary/aromatic N) is 3. The molecular formula is C11H12N4O2. The second-order valence-corrected chi connectivity index (χ2v) is 3.47. The highest BCUT2D eigenvalue weighted by molar-refractivity contribution is 5.92. The molecule has 0 spiro atoms.